The van der Waals surface area contributed by atoms with Gasteiger partial charge in [0.1, 0.15) is 0 Å². The summed E-state index contributed by atoms with van der Waals surface area (Å²) in [6.45, 7) is 0. The number of benzene rings is 1. The van der Waals surface area contributed by atoms with Crippen LogP contribution in [0, 0.1) is 0 Å². The van der Waals surface area contributed by atoms with Crippen LogP contribution in [0.25, 0.3) is 17.0 Å². The van der Waals surface area contributed by atoms with Gasteiger partial charge in [0.15, 0.2) is 0 Å². The van der Waals surface area contributed by atoms with E-state index in [1.165, 1.54) is 6.08 Å². The quantitative estimate of drug-likeness (QED) is 0.690. The van der Waals surface area contributed by atoms with Gasteiger partial charge in [-0.25, -0.2) is 0 Å². The molecule has 0 saturated carbocycles. The van der Waals surface area contributed by atoms with E-state index in [2.05, 4.69) is 10.2 Å². The third-order valence-electron chi connectivity index (χ3n) is 1.95. The van der Waals surface area contributed by atoms with Gasteiger partial charge in [-0.1, -0.05) is 12.1 Å². The number of carbonyl (C=O) groups is 1. The van der Waals surface area contributed by atoms with Gasteiger partial charge in [-0.05, 0) is 17.7 Å². The lowest BCUT2D eigenvalue weighted by Gasteiger charge is -1.94. The molecule has 0 saturated heterocycles. The van der Waals surface area contributed by atoms with E-state index in [4.69, 9.17) is 5.73 Å². The molecule has 0 aliphatic heterocycles. The Morgan fingerprint density at radius 3 is 3.14 bits per heavy atom. The molecule has 4 nitrogen and oxygen atoms in total. The number of fused-ring (bicyclic) bond motifs is 1. The highest BCUT2D eigenvalue weighted by Gasteiger charge is 1.98. The maximum Gasteiger partial charge on any atom is 0.241 e. The Balaban J connectivity index is 2.51. The summed E-state index contributed by atoms with van der Waals surface area (Å²) in [5.41, 5.74) is 6.88. The van der Waals surface area contributed by atoms with Crippen LogP contribution in [0.5, 0.6) is 0 Å². The van der Waals surface area contributed by atoms with Gasteiger partial charge in [-0.3, -0.25) is 9.89 Å². The first-order valence-corrected chi connectivity index (χ1v) is 4.17. The molecule has 0 spiro atoms. The van der Waals surface area contributed by atoms with Gasteiger partial charge in [-0.2, -0.15) is 5.10 Å². The first-order valence-electron chi connectivity index (χ1n) is 4.17. The average Bonchev–Trinajstić information content (AvgIpc) is 2.62. The van der Waals surface area contributed by atoms with Crippen molar-refractivity contribution >= 4 is 22.9 Å². The zero-order chi connectivity index (χ0) is 9.97. The van der Waals surface area contributed by atoms with E-state index >= 15 is 0 Å². The number of hydrogen-bond acceptors (Lipinski definition) is 2. The van der Waals surface area contributed by atoms with Gasteiger partial charge in [0.05, 0.1) is 11.7 Å². The summed E-state index contributed by atoms with van der Waals surface area (Å²) in [4.78, 5) is 10.6. The molecule has 1 heterocycles. The smallest absolute Gasteiger partial charge is 0.241 e. The van der Waals surface area contributed by atoms with Crippen LogP contribution in [0.4, 0.5) is 0 Å². The fourth-order valence-electron chi connectivity index (χ4n) is 1.31. The molecule has 1 aromatic heterocycles. The van der Waals surface area contributed by atoms with Crippen molar-refractivity contribution in [1.29, 1.82) is 0 Å². The molecule has 0 atom stereocenters. The molecule has 2 rings (SSSR count). The van der Waals surface area contributed by atoms with E-state index in [1.54, 1.807) is 12.3 Å². The number of primary amides is 1. The first-order chi connectivity index (χ1) is 6.77. The molecule has 14 heavy (non-hydrogen) atoms. The van der Waals surface area contributed by atoms with E-state index in [-0.39, 0.29) is 0 Å². The molecule has 0 bridgehead atoms. The summed E-state index contributed by atoms with van der Waals surface area (Å²) in [6.07, 6.45) is 4.73. The number of aromatic nitrogens is 2. The van der Waals surface area contributed by atoms with E-state index in [0.29, 0.717) is 0 Å². The maximum absolute atomic E-state index is 10.6. The molecular weight excluding hydrogens is 178 g/mol. The minimum absolute atomic E-state index is 0.453. The molecule has 4 heteroatoms. The number of carbonyl (C=O) groups excluding carboxylic acids is 1. The number of rotatable bonds is 2. The SMILES string of the molecule is NC(=O)C=Cc1cccc2[nH]ncc12. The topological polar surface area (TPSA) is 71.8 Å². The molecule has 0 aliphatic rings. The zero-order valence-corrected chi connectivity index (χ0v) is 7.40. The third kappa shape index (κ3) is 1.50. The van der Waals surface area contributed by atoms with Crippen LogP contribution in [-0.2, 0) is 4.79 Å². The van der Waals surface area contributed by atoms with Crippen molar-refractivity contribution in [2.24, 2.45) is 5.73 Å². The fraction of sp³-hybridized carbons (Fsp3) is 0. The molecule has 70 valence electrons. The van der Waals surface area contributed by atoms with Crippen molar-refractivity contribution in [2.75, 3.05) is 0 Å². The number of amides is 1. The number of aromatic amines is 1. The number of H-pyrrole nitrogens is 1. The summed E-state index contributed by atoms with van der Waals surface area (Å²) in [6, 6.07) is 5.71. The monoisotopic (exact) mass is 187 g/mol. The normalized spacial score (nSPS) is 11.1. The highest BCUT2D eigenvalue weighted by Crippen LogP contribution is 2.16. The first kappa shape index (κ1) is 8.50. The second-order valence-electron chi connectivity index (χ2n) is 2.91. The van der Waals surface area contributed by atoms with E-state index in [1.807, 2.05) is 18.2 Å². The second kappa shape index (κ2) is 3.33. The molecule has 0 aliphatic carbocycles. The number of hydrogen-bond donors (Lipinski definition) is 2. The summed E-state index contributed by atoms with van der Waals surface area (Å²) in [7, 11) is 0. The Labute approximate surface area is 80.4 Å². The van der Waals surface area contributed by atoms with E-state index < -0.39 is 5.91 Å². The lowest BCUT2D eigenvalue weighted by Crippen LogP contribution is -2.05. The summed E-state index contributed by atoms with van der Waals surface area (Å²) >= 11 is 0. The molecule has 1 aromatic carbocycles. The Kier molecular flexibility index (Phi) is 2.02. The van der Waals surface area contributed by atoms with Gasteiger partial charge in [-0.15, -0.1) is 0 Å². The molecule has 1 amide bonds. The molecule has 0 fully saturated rings. The van der Waals surface area contributed by atoms with Crippen LogP contribution in [0.1, 0.15) is 5.56 Å². The number of nitrogens with zero attached hydrogens (tertiary/aromatic N) is 1. The minimum atomic E-state index is -0.453. The van der Waals surface area contributed by atoms with Gasteiger partial charge in [0.25, 0.3) is 0 Å². The number of nitrogens with one attached hydrogen (secondary N) is 1. The van der Waals surface area contributed by atoms with Crippen LogP contribution in [0.3, 0.4) is 0 Å². The molecular formula is C10H9N3O. The third-order valence-corrected chi connectivity index (χ3v) is 1.95. The van der Waals surface area contributed by atoms with Gasteiger partial charge >= 0.3 is 0 Å². The van der Waals surface area contributed by atoms with Crippen LogP contribution < -0.4 is 5.73 Å². The number of nitrogens with two attached hydrogens (primary N) is 1. The van der Waals surface area contributed by atoms with E-state index in [0.717, 1.165) is 16.5 Å². The van der Waals surface area contributed by atoms with Crippen molar-refractivity contribution in [2.45, 2.75) is 0 Å². The Morgan fingerprint density at radius 2 is 2.36 bits per heavy atom. The minimum Gasteiger partial charge on any atom is -0.366 e. The average molecular weight is 187 g/mol. The molecule has 2 aromatic rings. The maximum atomic E-state index is 10.6. The van der Waals surface area contributed by atoms with Crippen LogP contribution in [-0.4, -0.2) is 16.1 Å². The Morgan fingerprint density at radius 1 is 1.50 bits per heavy atom. The van der Waals surface area contributed by atoms with Crippen molar-refractivity contribution in [3.63, 3.8) is 0 Å². The highest BCUT2D eigenvalue weighted by atomic mass is 16.1. The second-order valence-corrected chi connectivity index (χ2v) is 2.91. The van der Waals surface area contributed by atoms with Gasteiger partial charge < -0.3 is 5.73 Å². The Hall–Kier alpha value is -2.10. The van der Waals surface area contributed by atoms with Crippen molar-refractivity contribution in [3.05, 3.63) is 36.0 Å². The van der Waals surface area contributed by atoms with Crippen molar-refractivity contribution in [1.82, 2.24) is 10.2 Å². The summed E-state index contributed by atoms with van der Waals surface area (Å²) < 4.78 is 0. The standard InChI is InChI=1S/C10H9N3O/c11-10(14)5-4-7-2-1-3-9-8(7)6-12-13-9/h1-6H,(H2,11,14)(H,12,13). The molecule has 0 unspecified atom stereocenters. The fourth-order valence-corrected chi connectivity index (χ4v) is 1.31. The zero-order valence-electron chi connectivity index (χ0n) is 7.40. The molecule has 3 N–H and O–H groups in total. The van der Waals surface area contributed by atoms with Crippen molar-refractivity contribution < 1.29 is 4.79 Å². The summed E-state index contributed by atoms with van der Waals surface area (Å²) in [5.74, 6) is -0.453. The lowest BCUT2D eigenvalue weighted by atomic mass is 10.1. The lowest BCUT2D eigenvalue weighted by molar-refractivity contribution is -0.113. The van der Waals surface area contributed by atoms with Gasteiger partial charge in [0, 0.05) is 11.5 Å². The van der Waals surface area contributed by atoms with Gasteiger partial charge in [0.2, 0.25) is 5.91 Å². The van der Waals surface area contributed by atoms with Crippen LogP contribution >= 0.6 is 0 Å². The van der Waals surface area contributed by atoms with E-state index in [9.17, 15) is 4.79 Å². The van der Waals surface area contributed by atoms with Crippen molar-refractivity contribution in [3.8, 4) is 0 Å². The van der Waals surface area contributed by atoms with Crippen LogP contribution in [0.2, 0.25) is 0 Å². The predicted octanol–water partition coefficient (Wildman–Crippen LogP) is 1.06. The summed E-state index contributed by atoms with van der Waals surface area (Å²) in [5, 5.41) is 7.74. The van der Waals surface area contributed by atoms with Crippen LogP contribution in [0.15, 0.2) is 30.5 Å². The Bertz CT molecular complexity index is 499. The predicted molar refractivity (Wildman–Crippen MR) is 54.3 cm³/mol. The highest BCUT2D eigenvalue weighted by molar-refractivity contribution is 5.94. The molecule has 0 radical (unpaired) electrons. The largest absolute Gasteiger partial charge is 0.366 e.